The highest BCUT2D eigenvalue weighted by molar-refractivity contribution is 6.04. The van der Waals surface area contributed by atoms with Crippen LogP contribution < -0.4 is 5.73 Å². The number of H-pyrrole nitrogens is 1. The van der Waals surface area contributed by atoms with Gasteiger partial charge in [-0.15, -0.1) is 0 Å². The molecule has 5 heteroatoms. The van der Waals surface area contributed by atoms with Crippen LogP contribution in [0.5, 0.6) is 0 Å². The van der Waals surface area contributed by atoms with Gasteiger partial charge in [-0.1, -0.05) is 36.8 Å². The number of aromatic nitrogens is 2. The topological polar surface area (TPSA) is 75.0 Å². The molecule has 1 fully saturated rings. The van der Waals surface area contributed by atoms with Crippen molar-refractivity contribution < 1.29 is 4.79 Å². The first-order valence-electron chi connectivity index (χ1n) is 9.69. The zero-order chi connectivity index (χ0) is 19.0. The van der Waals surface area contributed by atoms with Crippen molar-refractivity contribution in [3.05, 3.63) is 53.6 Å². The van der Waals surface area contributed by atoms with Crippen LogP contribution in [0.3, 0.4) is 0 Å². The van der Waals surface area contributed by atoms with Gasteiger partial charge in [-0.25, -0.2) is 4.98 Å². The molecule has 0 radical (unpaired) electrons. The van der Waals surface area contributed by atoms with Crippen LogP contribution in [0, 0.1) is 0 Å². The molecule has 1 aromatic heterocycles. The number of carbonyl (C=O) groups is 1. The standard InChI is InChI=1S/C22H26N4O/c1-14(2)26-13-4-3-8-19(26)15-9-11-16(12-10-15)22-24-18-7-5-6-17(21(23)27)20(18)25-22/h5-7,9-12,14,19H,3-4,8,13H2,1-2H3,(H2,23,27)(H,24,25). The van der Waals surface area contributed by atoms with E-state index in [1.54, 1.807) is 6.07 Å². The van der Waals surface area contributed by atoms with E-state index in [-0.39, 0.29) is 0 Å². The normalized spacial score (nSPS) is 18.3. The number of para-hydroxylation sites is 1. The molecule has 1 aliphatic heterocycles. The molecule has 0 bridgehead atoms. The number of aromatic amines is 1. The number of hydrogen-bond acceptors (Lipinski definition) is 3. The lowest BCUT2D eigenvalue weighted by Gasteiger charge is -2.39. The molecule has 140 valence electrons. The van der Waals surface area contributed by atoms with Gasteiger partial charge in [0, 0.05) is 17.6 Å². The summed E-state index contributed by atoms with van der Waals surface area (Å²) < 4.78 is 0. The van der Waals surface area contributed by atoms with Gasteiger partial charge >= 0.3 is 0 Å². The zero-order valence-corrected chi connectivity index (χ0v) is 15.9. The number of carbonyl (C=O) groups excluding carboxylic acids is 1. The molecule has 4 rings (SSSR count). The van der Waals surface area contributed by atoms with Crippen molar-refractivity contribution in [2.24, 2.45) is 5.73 Å². The average molecular weight is 362 g/mol. The molecule has 1 amide bonds. The average Bonchev–Trinajstić information content (AvgIpc) is 3.12. The Bertz CT molecular complexity index is 958. The molecule has 2 heterocycles. The molecule has 27 heavy (non-hydrogen) atoms. The minimum Gasteiger partial charge on any atom is -0.366 e. The predicted molar refractivity (Wildman–Crippen MR) is 108 cm³/mol. The van der Waals surface area contributed by atoms with Crippen LogP contribution in [0.15, 0.2) is 42.5 Å². The number of piperidine rings is 1. The number of rotatable bonds is 4. The van der Waals surface area contributed by atoms with Crippen LogP contribution in [0.25, 0.3) is 22.4 Å². The minimum atomic E-state index is -0.458. The SMILES string of the molecule is CC(C)N1CCCCC1c1ccc(-c2nc3c(C(N)=O)cccc3[nH]2)cc1. The summed E-state index contributed by atoms with van der Waals surface area (Å²) in [5, 5.41) is 0. The zero-order valence-electron chi connectivity index (χ0n) is 15.9. The van der Waals surface area contributed by atoms with E-state index in [4.69, 9.17) is 5.73 Å². The largest absolute Gasteiger partial charge is 0.366 e. The Balaban J connectivity index is 1.65. The second-order valence-electron chi connectivity index (χ2n) is 7.62. The van der Waals surface area contributed by atoms with Crippen LogP contribution >= 0.6 is 0 Å². The van der Waals surface area contributed by atoms with Gasteiger partial charge in [0.05, 0.1) is 11.1 Å². The summed E-state index contributed by atoms with van der Waals surface area (Å²) >= 11 is 0. The lowest BCUT2D eigenvalue weighted by Crippen LogP contribution is -2.38. The third-order valence-corrected chi connectivity index (χ3v) is 5.55. The molecule has 0 saturated carbocycles. The number of benzene rings is 2. The predicted octanol–water partition coefficient (Wildman–Crippen LogP) is 4.26. The van der Waals surface area contributed by atoms with Gasteiger partial charge < -0.3 is 10.7 Å². The quantitative estimate of drug-likeness (QED) is 0.728. The highest BCUT2D eigenvalue weighted by atomic mass is 16.1. The molecule has 0 aliphatic carbocycles. The van der Waals surface area contributed by atoms with E-state index < -0.39 is 5.91 Å². The highest BCUT2D eigenvalue weighted by Crippen LogP contribution is 2.33. The van der Waals surface area contributed by atoms with Crippen molar-refractivity contribution in [3.8, 4) is 11.4 Å². The van der Waals surface area contributed by atoms with Crippen LogP contribution in [0.4, 0.5) is 0 Å². The summed E-state index contributed by atoms with van der Waals surface area (Å²) in [5.74, 6) is 0.301. The van der Waals surface area contributed by atoms with Gasteiger partial charge in [0.2, 0.25) is 0 Å². The summed E-state index contributed by atoms with van der Waals surface area (Å²) in [5.41, 5.74) is 9.74. The number of nitrogens with one attached hydrogen (secondary N) is 1. The number of amides is 1. The summed E-state index contributed by atoms with van der Waals surface area (Å²) in [6.07, 6.45) is 3.78. The Kier molecular flexibility index (Phi) is 4.70. The number of imidazole rings is 1. The third-order valence-electron chi connectivity index (χ3n) is 5.55. The Morgan fingerprint density at radius 2 is 1.96 bits per heavy atom. The van der Waals surface area contributed by atoms with Crippen molar-refractivity contribution in [2.75, 3.05) is 6.54 Å². The first kappa shape index (κ1) is 17.7. The monoisotopic (exact) mass is 362 g/mol. The van der Waals surface area contributed by atoms with Crippen molar-refractivity contribution in [1.82, 2.24) is 14.9 Å². The van der Waals surface area contributed by atoms with E-state index in [1.165, 1.54) is 31.4 Å². The summed E-state index contributed by atoms with van der Waals surface area (Å²) in [4.78, 5) is 22.2. The molecule has 3 aromatic rings. The van der Waals surface area contributed by atoms with E-state index >= 15 is 0 Å². The van der Waals surface area contributed by atoms with Crippen LogP contribution in [-0.4, -0.2) is 33.4 Å². The lowest BCUT2D eigenvalue weighted by atomic mass is 9.93. The van der Waals surface area contributed by atoms with Gasteiger partial charge in [0.25, 0.3) is 5.91 Å². The van der Waals surface area contributed by atoms with E-state index in [0.29, 0.717) is 23.2 Å². The summed E-state index contributed by atoms with van der Waals surface area (Å²) in [6.45, 7) is 5.72. The van der Waals surface area contributed by atoms with Crippen LogP contribution in [-0.2, 0) is 0 Å². The fourth-order valence-electron chi connectivity index (χ4n) is 4.16. The van der Waals surface area contributed by atoms with Crippen molar-refractivity contribution >= 4 is 16.9 Å². The Morgan fingerprint density at radius 3 is 2.67 bits per heavy atom. The Hall–Kier alpha value is -2.66. The molecular formula is C22H26N4O. The fourth-order valence-corrected chi connectivity index (χ4v) is 4.16. The second kappa shape index (κ2) is 7.16. The molecule has 0 spiro atoms. The van der Waals surface area contributed by atoms with E-state index in [1.807, 2.05) is 12.1 Å². The second-order valence-corrected chi connectivity index (χ2v) is 7.62. The fraction of sp³-hybridized carbons (Fsp3) is 0.364. The van der Waals surface area contributed by atoms with Crippen LogP contribution in [0.1, 0.15) is 55.1 Å². The minimum absolute atomic E-state index is 0.446. The summed E-state index contributed by atoms with van der Waals surface area (Å²) in [7, 11) is 0. The first-order valence-corrected chi connectivity index (χ1v) is 9.69. The number of fused-ring (bicyclic) bond motifs is 1. The maximum absolute atomic E-state index is 11.6. The molecule has 2 aromatic carbocycles. The number of hydrogen-bond donors (Lipinski definition) is 2. The highest BCUT2D eigenvalue weighted by Gasteiger charge is 2.25. The first-order chi connectivity index (χ1) is 13.0. The molecule has 1 atom stereocenters. The van der Waals surface area contributed by atoms with E-state index in [9.17, 15) is 4.79 Å². The van der Waals surface area contributed by atoms with Crippen molar-refractivity contribution in [2.45, 2.75) is 45.2 Å². The molecule has 3 N–H and O–H groups in total. The van der Waals surface area contributed by atoms with Crippen molar-refractivity contribution in [3.63, 3.8) is 0 Å². The molecule has 5 nitrogen and oxygen atoms in total. The van der Waals surface area contributed by atoms with Gasteiger partial charge in [-0.05, 0) is 50.9 Å². The molecular weight excluding hydrogens is 336 g/mol. The molecule has 1 saturated heterocycles. The Morgan fingerprint density at radius 1 is 1.19 bits per heavy atom. The maximum Gasteiger partial charge on any atom is 0.250 e. The lowest BCUT2D eigenvalue weighted by molar-refractivity contribution is 0.100. The van der Waals surface area contributed by atoms with Gasteiger partial charge in [0.1, 0.15) is 11.3 Å². The third kappa shape index (κ3) is 3.35. The number of likely N-dealkylation sites (tertiary alicyclic amines) is 1. The van der Waals surface area contributed by atoms with Crippen molar-refractivity contribution in [1.29, 1.82) is 0 Å². The van der Waals surface area contributed by atoms with Crippen LogP contribution in [0.2, 0.25) is 0 Å². The molecule has 1 aliphatic rings. The summed E-state index contributed by atoms with van der Waals surface area (Å²) in [6, 6.07) is 15.1. The number of nitrogens with two attached hydrogens (primary N) is 1. The van der Waals surface area contributed by atoms with Gasteiger partial charge in [0.15, 0.2) is 0 Å². The van der Waals surface area contributed by atoms with E-state index in [0.717, 1.165) is 16.9 Å². The van der Waals surface area contributed by atoms with Gasteiger partial charge in [-0.3, -0.25) is 9.69 Å². The van der Waals surface area contributed by atoms with E-state index in [2.05, 4.69) is 53.0 Å². The number of nitrogens with zero attached hydrogens (tertiary/aromatic N) is 2. The smallest absolute Gasteiger partial charge is 0.250 e. The Labute approximate surface area is 159 Å². The number of primary amides is 1. The molecule has 1 unspecified atom stereocenters. The maximum atomic E-state index is 11.6. The van der Waals surface area contributed by atoms with Gasteiger partial charge in [-0.2, -0.15) is 0 Å².